The summed E-state index contributed by atoms with van der Waals surface area (Å²) in [6, 6.07) is 0. The molecule has 0 aromatic heterocycles. The molecule has 1 atom stereocenters. The zero-order valence-corrected chi connectivity index (χ0v) is 14.0. The smallest absolute Gasteiger partial charge is 0.410 e. The molecular formula is C17H26N2O3. The Morgan fingerprint density at radius 3 is 2.41 bits per heavy atom. The Labute approximate surface area is 133 Å². The highest BCUT2D eigenvalue weighted by molar-refractivity contribution is 5.80. The minimum Gasteiger partial charge on any atom is -0.444 e. The largest absolute Gasteiger partial charge is 0.444 e. The number of ether oxygens (including phenoxy) is 1. The monoisotopic (exact) mass is 306 g/mol. The van der Waals surface area contributed by atoms with Gasteiger partial charge in [0.05, 0.1) is 0 Å². The Morgan fingerprint density at radius 1 is 1.36 bits per heavy atom. The second-order valence-corrected chi connectivity index (χ2v) is 7.54. The fraction of sp³-hybridized carbons (Fsp3) is 0.765. The predicted molar refractivity (Wildman–Crippen MR) is 84.1 cm³/mol. The van der Waals surface area contributed by atoms with Gasteiger partial charge in [0.2, 0.25) is 5.91 Å². The van der Waals surface area contributed by atoms with Crippen molar-refractivity contribution < 1.29 is 14.3 Å². The maximum atomic E-state index is 12.2. The van der Waals surface area contributed by atoms with Crippen molar-refractivity contribution in [2.45, 2.75) is 58.1 Å². The van der Waals surface area contributed by atoms with E-state index in [9.17, 15) is 9.59 Å². The first-order valence-corrected chi connectivity index (χ1v) is 7.89. The molecule has 0 N–H and O–H groups in total. The molecule has 0 radical (unpaired) electrons. The summed E-state index contributed by atoms with van der Waals surface area (Å²) in [6.45, 7) is 9.53. The highest BCUT2D eigenvalue weighted by Crippen LogP contribution is 2.34. The fourth-order valence-corrected chi connectivity index (χ4v) is 3.11. The summed E-state index contributed by atoms with van der Waals surface area (Å²) in [5, 5.41) is 0. The van der Waals surface area contributed by atoms with Crippen LogP contribution in [-0.4, -0.2) is 52.6 Å². The lowest BCUT2D eigenvalue weighted by Crippen LogP contribution is -2.55. The number of amides is 2. The van der Waals surface area contributed by atoms with Crippen LogP contribution in [0.5, 0.6) is 0 Å². The van der Waals surface area contributed by atoms with E-state index in [4.69, 9.17) is 11.2 Å². The quantitative estimate of drug-likeness (QED) is 0.698. The van der Waals surface area contributed by atoms with Gasteiger partial charge in [-0.05, 0) is 40.5 Å². The number of piperidine rings is 1. The molecule has 0 spiro atoms. The van der Waals surface area contributed by atoms with Crippen molar-refractivity contribution in [3.8, 4) is 12.3 Å². The summed E-state index contributed by atoms with van der Waals surface area (Å²) >= 11 is 0. The maximum absolute atomic E-state index is 12.2. The molecular weight excluding hydrogens is 280 g/mol. The molecule has 2 fully saturated rings. The molecule has 0 bridgehead atoms. The summed E-state index contributed by atoms with van der Waals surface area (Å²) in [5.41, 5.74) is -0.691. The van der Waals surface area contributed by atoms with Gasteiger partial charge in [-0.1, -0.05) is 0 Å². The zero-order chi connectivity index (χ0) is 16.5. The summed E-state index contributed by atoms with van der Waals surface area (Å²) < 4.78 is 5.41. The minimum absolute atomic E-state index is 0.0215. The molecule has 1 unspecified atom stereocenters. The second kappa shape index (κ2) is 5.83. The topological polar surface area (TPSA) is 49.9 Å². The van der Waals surface area contributed by atoms with Gasteiger partial charge >= 0.3 is 6.09 Å². The minimum atomic E-state index is -0.483. The van der Waals surface area contributed by atoms with Crippen LogP contribution in [0.2, 0.25) is 0 Å². The molecule has 2 amide bonds. The van der Waals surface area contributed by atoms with Crippen molar-refractivity contribution in [1.82, 2.24) is 9.80 Å². The van der Waals surface area contributed by atoms with Crippen molar-refractivity contribution in [2.75, 3.05) is 19.6 Å². The van der Waals surface area contributed by atoms with Gasteiger partial charge in [-0.3, -0.25) is 4.79 Å². The van der Waals surface area contributed by atoms with E-state index in [1.165, 1.54) is 0 Å². The molecule has 0 saturated carbocycles. The molecule has 0 aromatic carbocycles. The van der Waals surface area contributed by atoms with Crippen LogP contribution in [0.1, 0.15) is 47.0 Å². The van der Waals surface area contributed by atoms with Gasteiger partial charge in [-0.15, -0.1) is 12.3 Å². The van der Waals surface area contributed by atoms with Crippen LogP contribution >= 0.6 is 0 Å². The number of likely N-dealkylation sites (tertiary alicyclic amines) is 2. The standard InChI is InChI=1S/C17H26N2O3/c1-6-13-11-14(20)19(12-13)17(5)7-9-18(10-8-17)15(21)22-16(2,3)4/h1,13H,7-12H2,2-5H3. The van der Waals surface area contributed by atoms with E-state index in [0.717, 1.165) is 12.8 Å². The van der Waals surface area contributed by atoms with Crippen LogP contribution in [0, 0.1) is 18.3 Å². The maximum Gasteiger partial charge on any atom is 0.410 e. The normalized spacial score (nSPS) is 25.0. The molecule has 2 heterocycles. The Kier molecular flexibility index (Phi) is 4.42. The first-order valence-electron chi connectivity index (χ1n) is 7.89. The van der Waals surface area contributed by atoms with Crippen molar-refractivity contribution in [3.05, 3.63) is 0 Å². The average Bonchev–Trinajstić information content (AvgIpc) is 2.79. The molecule has 2 aliphatic rings. The molecule has 2 aliphatic heterocycles. The second-order valence-electron chi connectivity index (χ2n) is 7.54. The first-order chi connectivity index (χ1) is 10.1. The van der Waals surface area contributed by atoms with Gasteiger partial charge in [-0.2, -0.15) is 0 Å². The molecule has 5 nitrogen and oxygen atoms in total. The lowest BCUT2D eigenvalue weighted by Gasteiger charge is -2.45. The van der Waals surface area contributed by atoms with Gasteiger partial charge in [0.25, 0.3) is 0 Å². The van der Waals surface area contributed by atoms with Crippen LogP contribution in [0.3, 0.4) is 0 Å². The molecule has 0 aliphatic carbocycles. The third-order valence-corrected chi connectivity index (χ3v) is 4.50. The number of carbonyl (C=O) groups excluding carboxylic acids is 2. The summed E-state index contributed by atoms with van der Waals surface area (Å²) in [6.07, 6.45) is 7.14. The van der Waals surface area contributed by atoms with Gasteiger partial charge in [0.1, 0.15) is 5.60 Å². The molecule has 0 aromatic rings. The highest BCUT2D eigenvalue weighted by atomic mass is 16.6. The van der Waals surface area contributed by atoms with E-state index in [1.54, 1.807) is 4.90 Å². The van der Waals surface area contributed by atoms with E-state index in [-0.39, 0.29) is 23.5 Å². The van der Waals surface area contributed by atoms with Crippen LogP contribution in [-0.2, 0) is 9.53 Å². The predicted octanol–water partition coefficient (Wildman–Crippen LogP) is 2.26. The van der Waals surface area contributed by atoms with E-state index in [1.807, 2.05) is 25.7 Å². The van der Waals surface area contributed by atoms with E-state index < -0.39 is 5.60 Å². The van der Waals surface area contributed by atoms with Crippen molar-refractivity contribution in [1.29, 1.82) is 0 Å². The van der Waals surface area contributed by atoms with Crippen LogP contribution in [0.25, 0.3) is 0 Å². The number of hydrogen-bond acceptors (Lipinski definition) is 3. The van der Waals surface area contributed by atoms with Gasteiger partial charge in [0, 0.05) is 37.5 Å². The molecule has 22 heavy (non-hydrogen) atoms. The van der Waals surface area contributed by atoms with Gasteiger partial charge in [0.15, 0.2) is 0 Å². The summed E-state index contributed by atoms with van der Waals surface area (Å²) in [5.74, 6) is 2.84. The highest BCUT2D eigenvalue weighted by Gasteiger charge is 2.43. The van der Waals surface area contributed by atoms with Gasteiger partial charge < -0.3 is 14.5 Å². The first kappa shape index (κ1) is 16.7. The van der Waals surface area contributed by atoms with Crippen molar-refractivity contribution >= 4 is 12.0 Å². The third-order valence-electron chi connectivity index (χ3n) is 4.50. The summed E-state index contributed by atoms with van der Waals surface area (Å²) in [7, 11) is 0. The van der Waals surface area contributed by atoms with E-state index >= 15 is 0 Å². The lowest BCUT2D eigenvalue weighted by atomic mass is 9.88. The third kappa shape index (κ3) is 3.55. The lowest BCUT2D eigenvalue weighted by molar-refractivity contribution is -0.134. The number of carbonyl (C=O) groups is 2. The number of rotatable bonds is 1. The van der Waals surface area contributed by atoms with Crippen molar-refractivity contribution in [3.63, 3.8) is 0 Å². The Morgan fingerprint density at radius 2 is 1.95 bits per heavy atom. The van der Waals surface area contributed by atoms with E-state index in [0.29, 0.717) is 26.1 Å². The van der Waals surface area contributed by atoms with Crippen LogP contribution < -0.4 is 0 Å². The molecule has 2 rings (SSSR count). The molecule has 122 valence electrons. The number of hydrogen-bond donors (Lipinski definition) is 0. The van der Waals surface area contributed by atoms with Crippen LogP contribution in [0.4, 0.5) is 4.79 Å². The zero-order valence-electron chi connectivity index (χ0n) is 14.0. The number of terminal acetylenes is 1. The SMILES string of the molecule is C#CC1CC(=O)N(C2(C)CCN(C(=O)OC(C)(C)C)CC2)C1. The number of nitrogens with zero attached hydrogens (tertiary/aromatic N) is 2. The Bertz CT molecular complexity index is 493. The molecule has 2 saturated heterocycles. The molecule has 5 heteroatoms. The average molecular weight is 306 g/mol. The fourth-order valence-electron chi connectivity index (χ4n) is 3.11. The Hall–Kier alpha value is -1.70. The van der Waals surface area contributed by atoms with E-state index in [2.05, 4.69) is 12.8 Å². The van der Waals surface area contributed by atoms with Gasteiger partial charge in [-0.25, -0.2) is 4.79 Å². The summed E-state index contributed by atoms with van der Waals surface area (Å²) in [4.78, 5) is 27.9. The Balaban J connectivity index is 1.95. The van der Waals surface area contributed by atoms with Crippen LogP contribution in [0.15, 0.2) is 0 Å². The van der Waals surface area contributed by atoms with Crippen molar-refractivity contribution in [2.24, 2.45) is 5.92 Å².